The number of aliphatic hydroxyl groups excluding tert-OH is 3. The zero-order valence-corrected chi connectivity index (χ0v) is 20.4. The van der Waals surface area contributed by atoms with E-state index in [9.17, 15) is 20.1 Å². The number of carbonyl (C=O) groups is 1. The Bertz CT molecular complexity index is 746. The Labute approximate surface area is 203 Å². The smallest absolute Gasteiger partial charge is 0.237 e. The summed E-state index contributed by atoms with van der Waals surface area (Å²) in [6.07, 6.45) is 2.46. The summed E-state index contributed by atoms with van der Waals surface area (Å²) in [5.41, 5.74) is -0.736. The summed E-state index contributed by atoms with van der Waals surface area (Å²) in [5.74, 6) is 0.795. The Hall–Kier alpha value is -1.14. The van der Waals surface area contributed by atoms with Gasteiger partial charge < -0.3 is 35.4 Å². The fourth-order valence-electron chi connectivity index (χ4n) is 4.24. The van der Waals surface area contributed by atoms with Crippen molar-refractivity contribution in [2.45, 2.75) is 73.5 Å². The molecule has 0 spiro atoms. The van der Waals surface area contributed by atoms with E-state index in [0.717, 1.165) is 18.6 Å². The first-order chi connectivity index (χ1) is 15.8. The van der Waals surface area contributed by atoms with Gasteiger partial charge in [-0.05, 0) is 57.0 Å². The normalized spacial score (nSPS) is 34.7. The number of amides is 1. The summed E-state index contributed by atoms with van der Waals surface area (Å²) in [6.45, 7) is 2.92. The van der Waals surface area contributed by atoms with Crippen LogP contribution in [0.3, 0.4) is 0 Å². The molecule has 3 heterocycles. The first-order valence-corrected chi connectivity index (χ1v) is 13.0. The van der Waals surface area contributed by atoms with Crippen molar-refractivity contribution in [3.05, 3.63) is 24.5 Å². The van der Waals surface area contributed by atoms with E-state index >= 15 is 0 Å². The number of halogens is 1. The lowest BCUT2D eigenvalue weighted by atomic mass is 9.92. The molecule has 186 valence electrons. The van der Waals surface area contributed by atoms with Gasteiger partial charge in [0.25, 0.3) is 0 Å². The number of carbonyl (C=O) groups excluding carboxylic acids is 1. The summed E-state index contributed by atoms with van der Waals surface area (Å²) in [4.78, 5) is 17.1. The van der Waals surface area contributed by atoms with Crippen molar-refractivity contribution in [1.82, 2.24) is 15.6 Å². The third kappa shape index (κ3) is 6.94. The molecule has 2 aliphatic heterocycles. The zero-order chi connectivity index (χ0) is 24.0. The average molecular weight is 504 g/mol. The molecular formula is C22H34ClN3O6S. The van der Waals surface area contributed by atoms with E-state index in [1.807, 2.05) is 12.1 Å². The van der Waals surface area contributed by atoms with Crippen LogP contribution in [-0.2, 0) is 9.53 Å². The van der Waals surface area contributed by atoms with Gasteiger partial charge in [-0.3, -0.25) is 9.78 Å². The quantitative estimate of drug-likeness (QED) is 0.321. The van der Waals surface area contributed by atoms with Crippen LogP contribution in [0.2, 0.25) is 0 Å². The summed E-state index contributed by atoms with van der Waals surface area (Å²) in [7, 11) is 0. The van der Waals surface area contributed by atoms with Gasteiger partial charge in [0.05, 0.1) is 30.3 Å². The fraction of sp³-hybridized carbons (Fsp3) is 0.727. The first kappa shape index (κ1) is 26.5. The number of nitrogens with one attached hydrogen (secondary N) is 2. The number of nitrogens with zero attached hydrogens (tertiary/aromatic N) is 1. The average Bonchev–Trinajstić information content (AvgIpc) is 3.06. The lowest BCUT2D eigenvalue weighted by molar-refractivity contribution is -0.205. The van der Waals surface area contributed by atoms with Crippen molar-refractivity contribution >= 4 is 29.3 Å². The van der Waals surface area contributed by atoms with E-state index in [1.165, 1.54) is 11.8 Å². The highest BCUT2D eigenvalue weighted by atomic mass is 35.5. The number of alkyl halides is 1. The molecule has 11 heteroatoms. The number of hydrogen-bond acceptors (Lipinski definition) is 9. The summed E-state index contributed by atoms with van der Waals surface area (Å²) in [5, 5.41) is 36.5. The standard InChI is InChI=1S/C22H34ClN3O6S/c1-12(23)16(20-18(28)17(27)19(29)22(32-20)33-2)26-21(30)15-6-5-13(7-9-25-15)11-31-14-4-3-8-24-10-14/h3-4,8,10,12-13,15-20,22,25,27-29H,5-7,9,11H2,1-2H3,(H,26,30)/t12?,13-,15?,16?,17?,18?,19?,20?,22?/m1/s1. The maximum absolute atomic E-state index is 13.1. The summed E-state index contributed by atoms with van der Waals surface area (Å²) < 4.78 is 11.6. The maximum atomic E-state index is 13.1. The Morgan fingerprint density at radius 2 is 2.12 bits per heavy atom. The van der Waals surface area contributed by atoms with Crippen LogP contribution in [0.15, 0.2) is 24.5 Å². The first-order valence-electron chi connectivity index (χ1n) is 11.2. The predicted molar refractivity (Wildman–Crippen MR) is 126 cm³/mol. The van der Waals surface area contributed by atoms with Crippen molar-refractivity contribution in [3.63, 3.8) is 0 Å². The third-order valence-electron chi connectivity index (χ3n) is 6.24. The monoisotopic (exact) mass is 503 g/mol. The van der Waals surface area contributed by atoms with Crippen molar-refractivity contribution in [1.29, 1.82) is 0 Å². The molecule has 2 saturated heterocycles. The van der Waals surface area contributed by atoms with Gasteiger partial charge in [0, 0.05) is 6.20 Å². The van der Waals surface area contributed by atoms with Gasteiger partial charge >= 0.3 is 0 Å². The topological polar surface area (TPSA) is 133 Å². The van der Waals surface area contributed by atoms with Crippen LogP contribution in [0, 0.1) is 5.92 Å². The van der Waals surface area contributed by atoms with E-state index < -0.39 is 47.3 Å². The minimum Gasteiger partial charge on any atom is -0.492 e. The molecule has 1 aromatic rings. The number of pyridine rings is 1. The van der Waals surface area contributed by atoms with Crippen molar-refractivity contribution in [2.24, 2.45) is 5.92 Å². The second-order valence-electron chi connectivity index (χ2n) is 8.63. The molecule has 0 bridgehead atoms. The van der Waals surface area contributed by atoms with Crippen LogP contribution in [0.5, 0.6) is 5.75 Å². The number of ether oxygens (including phenoxy) is 2. The van der Waals surface area contributed by atoms with Crippen molar-refractivity contribution in [2.75, 3.05) is 19.4 Å². The van der Waals surface area contributed by atoms with E-state index in [1.54, 1.807) is 25.6 Å². The molecule has 1 aromatic heterocycles. The molecule has 0 saturated carbocycles. The van der Waals surface area contributed by atoms with Crippen LogP contribution in [-0.4, -0.2) is 92.9 Å². The predicted octanol–water partition coefficient (Wildman–Crippen LogP) is 0.501. The van der Waals surface area contributed by atoms with Crippen LogP contribution >= 0.6 is 23.4 Å². The number of thioether (sulfide) groups is 1. The molecule has 33 heavy (non-hydrogen) atoms. The van der Waals surface area contributed by atoms with E-state index in [0.29, 0.717) is 25.5 Å². The van der Waals surface area contributed by atoms with Crippen LogP contribution < -0.4 is 15.4 Å². The van der Waals surface area contributed by atoms with E-state index in [-0.39, 0.29) is 5.91 Å². The largest absolute Gasteiger partial charge is 0.492 e. The Morgan fingerprint density at radius 3 is 2.79 bits per heavy atom. The van der Waals surface area contributed by atoms with E-state index in [2.05, 4.69) is 15.6 Å². The van der Waals surface area contributed by atoms with Gasteiger partial charge in [-0.25, -0.2) is 0 Å². The second-order valence-corrected chi connectivity index (χ2v) is 10.3. The second kappa shape index (κ2) is 12.5. The highest BCUT2D eigenvalue weighted by Crippen LogP contribution is 2.30. The Kier molecular flexibility index (Phi) is 10.0. The van der Waals surface area contributed by atoms with Gasteiger partial charge in [0.2, 0.25) is 5.91 Å². The van der Waals surface area contributed by atoms with Gasteiger partial charge in [0.1, 0.15) is 35.6 Å². The number of aliphatic hydroxyl groups is 3. The third-order valence-corrected chi connectivity index (χ3v) is 7.37. The number of rotatable bonds is 8. The molecule has 9 atom stereocenters. The van der Waals surface area contributed by atoms with Crippen molar-refractivity contribution < 1.29 is 29.6 Å². The molecule has 1 amide bonds. The minimum absolute atomic E-state index is 0.238. The maximum Gasteiger partial charge on any atom is 0.237 e. The van der Waals surface area contributed by atoms with Crippen LogP contribution in [0.25, 0.3) is 0 Å². The number of hydrogen-bond donors (Lipinski definition) is 5. The van der Waals surface area contributed by atoms with Gasteiger partial charge in [-0.2, -0.15) is 0 Å². The van der Waals surface area contributed by atoms with Crippen molar-refractivity contribution in [3.8, 4) is 5.75 Å². The highest BCUT2D eigenvalue weighted by Gasteiger charge is 2.48. The molecule has 3 rings (SSSR count). The van der Waals surface area contributed by atoms with Gasteiger partial charge in [0.15, 0.2) is 0 Å². The lowest BCUT2D eigenvalue weighted by Gasteiger charge is -2.44. The molecule has 0 aliphatic carbocycles. The lowest BCUT2D eigenvalue weighted by Crippen LogP contribution is -2.65. The van der Waals surface area contributed by atoms with Gasteiger partial charge in [-0.15, -0.1) is 23.4 Å². The van der Waals surface area contributed by atoms with Crippen LogP contribution in [0.4, 0.5) is 0 Å². The molecule has 0 aromatic carbocycles. The summed E-state index contributed by atoms with van der Waals surface area (Å²) in [6, 6.07) is 2.53. The van der Waals surface area contributed by atoms with Crippen LogP contribution in [0.1, 0.15) is 26.2 Å². The Balaban J connectivity index is 1.56. The zero-order valence-electron chi connectivity index (χ0n) is 18.8. The molecule has 5 N–H and O–H groups in total. The molecular weight excluding hydrogens is 470 g/mol. The highest BCUT2D eigenvalue weighted by molar-refractivity contribution is 7.99. The SMILES string of the molecule is CSC1OC(C(NC(=O)C2CC[C@@H](COc3cccnc3)CCN2)C(C)Cl)C(O)C(O)C1O. The number of aromatic nitrogens is 1. The molecule has 0 radical (unpaired) electrons. The van der Waals surface area contributed by atoms with E-state index in [4.69, 9.17) is 21.1 Å². The van der Waals surface area contributed by atoms with Gasteiger partial charge in [-0.1, -0.05) is 0 Å². The summed E-state index contributed by atoms with van der Waals surface area (Å²) >= 11 is 7.57. The molecule has 8 unspecified atom stereocenters. The minimum atomic E-state index is -1.40. The fourth-order valence-corrected chi connectivity index (χ4v) is 5.12. The molecule has 9 nitrogen and oxygen atoms in total. The molecule has 2 fully saturated rings. The Morgan fingerprint density at radius 1 is 1.33 bits per heavy atom. The molecule has 2 aliphatic rings.